The number of halogens is 1. The summed E-state index contributed by atoms with van der Waals surface area (Å²) in [7, 11) is 3.65. The van der Waals surface area contributed by atoms with Crippen LogP contribution in [0.15, 0.2) is 30.5 Å². The minimum absolute atomic E-state index is 0.0173. The number of hydrogen-bond acceptors (Lipinski definition) is 5. The van der Waals surface area contributed by atoms with Gasteiger partial charge < -0.3 is 15.9 Å². The van der Waals surface area contributed by atoms with Crippen LogP contribution in [0.5, 0.6) is 0 Å². The molecular formula is C19H26FN4O2P. The Kier molecular flexibility index (Phi) is 7.39. The van der Waals surface area contributed by atoms with Gasteiger partial charge in [0.1, 0.15) is 5.69 Å². The first-order chi connectivity index (χ1) is 12.9. The third-order valence-corrected chi connectivity index (χ3v) is 5.08. The van der Waals surface area contributed by atoms with E-state index in [0.717, 1.165) is 17.2 Å². The van der Waals surface area contributed by atoms with E-state index in [1.807, 2.05) is 32.0 Å². The molecule has 4 N–H and O–H groups in total. The molecule has 0 bridgehead atoms. The molecule has 0 saturated carbocycles. The maximum absolute atomic E-state index is 14.0. The summed E-state index contributed by atoms with van der Waals surface area (Å²) in [4.78, 5) is 9.69. The maximum Gasteiger partial charge on any atom is 0.220 e. The molecule has 27 heavy (non-hydrogen) atoms. The van der Waals surface area contributed by atoms with E-state index in [4.69, 9.17) is 5.73 Å². The van der Waals surface area contributed by atoms with Crippen LogP contribution in [0, 0.1) is 5.82 Å². The van der Waals surface area contributed by atoms with Crippen LogP contribution in [-0.2, 0) is 0 Å². The van der Waals surface area contributed by atoms with Gasteiger partial charge in [0, 0.05) is 24.1 Å². The van der Waals surface area contributed by atoms with Gasteiger partial charge in [0.2, 0.25) is 5.95 Å². The van der Waals surface area contributed by atoms with Crippen molar-refractivity contribution in [2.45, 2.75) is 32.3 Å². The standard InChI is InChI=1S/C17H20FN4O2P.C2H6/c18-13-9-20-16(19)21-14(13)11-2-1-3-12(8-11)15(25)22-6-4-17(24,10-23)5-7-22;1-2/h1-3,8-9,23-25H,4-7,10H2,(H2,19,20,21);1-2H3. The molecule has 2 heterocycles. The number of anilines is 1. The van der Waals surface area contributed by atoms with Crippen molar-refractivity contribution in [1.29, 1.82) is 0 Å². The smallest absolute Gasteiger partial charge is 0.220 e. The van der Waals surface area contributed by atoms with Crippen molar-refractivity contribution in [3.8, 4) is 11.3 Å². The van der Waals surface area contributed by atoms with Gasteiger partial charge in [-0.05, 0) is 24.5 Å². The number of aromatic nitrogens is 2. The lowest BCUT2D eigenvalue weighted by atomic mass is 9.92. The Morgan fingerprint density at radius 1 is 1.33 bits per heavy atom. The number of hydrogen-bond donors (Lipinski definition) is 3. The second-order valence-corrected chi connectivity index (χ2v) is 6.70. The summed E-state index contributed by atoms with van der Waals surface area (Å²) in [5, 5.41) is 19.4. The van der Waals surface area contributed by atoms with Crippen LogP contribution in [0.25, 0.3) is 11.3 Å². The number of aliphatic hydroxyl groups excluding tert-OH is 1. The molecule has 1 fully saturated rings. The Morgan fingerprint density at radius 2 is 2.00 bits per heavy atom. The van der Waals surface area contributed by atoms with Crippen LogP contribution >= 0.6 is 8.86 Å². The molecule has 6 nitrogen and oxygen atoms in total. The van der Waals surface area contributed by atoms with E-state index in [1.54, 1.807) is 6.07 Å². The van der Waals surface area contributed by atoms with E-state index in [-0.39, 0.29) is 18.2 Å². The lowest BCUT2D eigenvalue weighted by Gasteiger charge is -2.37. The second kappa shape index (κ2) is 9.33. The van der Waals surface area contributed by atoms with Crippen molar-refractivity contribution in [3.05, 3.63) is 41.8 Å². The molecular weight excluding hydrogens is 366 g/mol. The van der Waals surface area contributed by atoms with Crippen LogP contribution in [0.4, 0.5) is 10.3 Å². The molecule has 1 aromatic heterocycles. The molecule has 1 aromatic carbocycles. The van der Waals surface area contributed by atoms with Gasteiger partial charge in [-0.15, -0.1) is 8.86 Å². The fourth-order valence-corrected chi connectivity index (χ4v) is 3.26. The van der Waals surface area contributed by atoms with Crippen LogP contribution in [0.1, 0.15) is 32.3 Å². The zero-order valence-electron chi connectivity index (χ0n) is 15.6. The number of benzene rings is 1. The summed E-state index contributed by atoms with van der Waals surface area (Å²) in [5.41, 5.74) is 7.01. The van der Waals surface area contributed by atoms with E-state index in [1.165, 1.54) is 0 Å². The summed E-state index contributed by atoms with van der Waals surface area (Å²) >= 11 is 0. The molecule has 8 heteroatoms. The third kappa shape index (κ3) is 5.08. The summed E-state index contributed by atoms with van der Waals surface area (Å²) in [6.45, 7) is 4.98. The van der Waals surface area contributed by atoms with Gasteiger partial charge in [-0.1, -0.05) is 32.0 Å². The highest BCUT2D eigenvalue weighted by Crippen LogP contribution is 2.26. The predicted molar refractivity (Wildman–Crippen MR) is 108 cm³/mol. The fourth-order valence-electron chi connectivity index (χ4n) is 2.88. The SMILES string of the molecule is CC.Nc1ncc(F)c(-c2cccc(C(=P)N3CCC(O)(CO)CC3)c2)n1. The van der Waals surface area contributed by atoms with E-state index in [9.17, 15) is 14.6 Å². The first-order valence-electron chi connectivity index (χ1n) is 8.97. The number of nitrogens with zero attached hydrogens (tertiary/aromatic N) is 3. The van der Waals surface area contributed by atoms with Crippen LogP contribution in [0.3, 0.4) is 0 Å². The predicted octanol–water partition coefficient (Wildman–Crippen LogP) is 2.33. The molecule has 0 aliphatic carbocycles. The topological polar surface area (TPSA) is 95.5 Å². The molecule has 0 amide bonds. The van der Waals surface area contributed by atoms with E-state index < -0.39 is 11.4 Å². The summed E-state index contributed by atoms with van der Waals surface area (Å²) in [5.74, 6) is -0.517. The van der Waals surface area contributed by atoms with Crippen molar-refractivity contribution >= 4 is 20.2 Å². The minimum Gasteiger partial charge on any atom is -0.393 e. The van der Waals surface area contributed by atoms with Crippen molar-refractivity contribution in [3.63, 3.8) is 0 Å². The molecule has 146 valence electrons. The normalized spacial score (nSPS) is 16.3. The highest BCUT2D eigenvalue weighted by Gasteiger charge is 2.32. The lowest BCUT2D eigenvalue weighted by Crippen LogP contribution is -2.48. The first kappa shape index (κ1) is 21.4. The van der Waals surface area contributed by atoms with E-state index in [2.05, 4.69) is 23.7 Å². The average Bonchev–Trinajstić information content (AvgIpc) is 2.71. The quantitative estimate of drug-likeness (QED) is 0.692. The highest BCUT2D eigenvalue weighted by molar-refractivity contribution is 7.21. The minimum atomic E-state index is -1.01. The summed E-state index contributed by atoms with van der Waals surface area (Å²) < 4.78 is 14.0. The van der Waals surface area contributed by atoms with Gasteiger partial charge in [0.05, 0.1) is 18.4 Å². The third-order valence-electron chi connectivity index (χ3n) is 4.48. The number of rotatable bonds is 4. The van der Waals surface area contributed by atoms with Crippen molar-refractivity contribution in [2.75, 3.05) is 25.4 Å². The van der Waals surface area contributed by atoms with Gasteiger partial charge in [-0.25, -0.2) is 14.4 Å². The Bertz CT molecular complexity index is 795. The van der Waals surface area contributed by atoms with Crippen LogP contribution in [-0.4, -0.2) is 55.8 Å². The molecule has 1 aliphatic heterocycles. The lowest BCUT2D eigenvalue weighted by molar-refractivity contribution is -0.0494. The molecule has 3 rings (SSSR count). The number of piperidine rings is 1. The Hall–Kier alpha value is -1.92. The van der Waals surface area contributed by atoms with Crippen molar-refractivity contribution in [2.24, 2.45) is 0 Å². The molecule has 0 unspecified atom stereocenters. The van der Waals surface area contributed by atoms with E-state index in [0.29, 0.717) is 31.5 Å². The number of aliphatic hydroxyl groups is 2. The zero-order chi connectivity index (χ0) is 20.0. The van der Waals surface area contributed by atoms with Crippen molar-refractivity contribution in [1.82, 2.24) is 14.9 Å². The highest BCUT2D eigenvalue weighted by atomic mass is 31.0. The molecule has 0 atom stereocenters. The Labute approximate surface area is 161 Å². The summed E-state index contributed by atoms with van der Waals surface area (Å²) in [6, 6.07) is 7.30. The van der Waals surface area contributed by atoms with Crippen molar-refractivity contribution < 1.29 is 14.6 Å². The fraction of sp³-hybridized carbons (Fsp3) is 0.421. The van der Waals surface area contributed by atoms with Crippen LogP contribution < -0.4 is 5.73 Å². The number of likely N-dealkylation sites (tertiary alicyclic amines) is 1. The molecule has 0 radical (unpaired) electrons. The van der Waals surface area contributed by atoms with Gasteiger partial charge in [0.15, 0.2) is 5.82 Å². The van der Waals surface area contributed by atoms with Gasteiger partial charge in [0.25, 0.3) is 0 Å². The summed E-state index contributed by atoms with van der Waals surface area (Å²) in [6.07, 6.45) is 2.02. The second-order valence-electron chi connectivity index (χ2n) is 6.22. The largest absolute Gasteiger partial charge is 0.393 e. The number of nitrogen functional groups attached to an aromatic ring is 1. The Balaban J connectivity index is 0.00000126. The first-order valence-corrected chi connectivity index (χ1v) is 9.47. The Morgan fingerprint density at radius 3 is 2.63 bits per heavy atom. The van der Waals surface area contributed by atoms with Gasteiger partial charge in [-0.2, -0.15) is 0 Å². The maximum atomic E-state index is 14.0. The van der Waals surface area contributed by atoms with Crippen LogP contribution in [0.2, 0.25) is 0 Å². The monoisotopic (exact) mass is 392 g/mol. The molecule has 1 aliphatic rings. The van der Waals surface area contributed by atoms with Gasteiger partial charge in [-0.3, -0.25) is 4.90 Å². The molecule has 2 aromatic rings. The molecule has 1 saturated heterocycles. The average molecular weight is 392 g/mol. The van der Waals surface area contributed by atoms with Gasteiger partial charge >= 0.3 is 0 Å². The zero-order valence-corrected chi connectivity index (χ0v) is 16.6. The van der Waals surface area contributed by atoms with E-state index >= 15 is 0 Å². The molecule has 0 spiro atoms. The number of nitrogens with two attached hydrogens (primary N) is 1.